The lowest BCUT2D eigenvalue weighted by molar-refractivity contribution is -0.136. The third-order valence-electron chi connectivity index (χ3n) is 2.56. The van der Waals surface area contributed by atoms with Crippen molar-refractivity contribution in [2.45, 2.75) is 11.3 Å². The number of carboxylic acids is 1. The summed E-state index contributed by atoms with van der Waals surface area (Å²) in [5.74, 6) is -1.58. The summed E-state index contributed by atoms with van der Waals surface area (Å²) in [7, 11) is -3.85. The maximum absolute atomic E-state index is 12.7. The number of benzene rings is 1. The second kappa shape index (κ2) is 5.88. The summed E-state index contributed by atoms with van der Waals surface area (Å²) in [4.78, 5) is 14.1. The van der Waals surface area contributed by atoms with Crippen LogP contribution in [0.5, 0.6) is 0 Å². The Bertz CT molecular complexity index is 743. The molecular weight excluding hydrogens is 299 g/mol. The molecule has 0 spiro atoms. The van der Waals surface area contributed by atoms with Gasteiger partial charge >= 0.3 is 5.97 Å². The van der Waals surface area contributed by atoms with Gasteiger partial charge in [0.05, 0.1) is 17.5 Å². The Morgan fingerprint density at radius 3 is 2.38 bits per heavy atom. The van der Waals surface area contributed by atoms with Crippen LogP contribution in [0, 0.1) is 5.82 Å². The largest absolute Gasteiger partial charge is 0.481 e. The molecule has 21 heavy (non-hydrogen) atoms. The van der Waals surface area contributed by atoms with Crippen molar-refractivity contribution in [3.05, 3.63) is 54.0 Å². The van der Waals surface area contributed by atoms with Gasteiger partial charge in [-0.1, -0.05) is 12.1 Å². The fourth-order valence-corrected chi connectivity index (χ4v) is 2.60. The van der Waals surface area contributed by atoms with Crippen LogP contribution in [-0.2, 0) is 21.2 Å². The lowest BCUT2D eigenvalue weighted by Gasteiger charge is -2.07. The van der Waals surface area contributed by atoms with Crippen LogP contribution in [0.15, 0.2) is 47.5 Å². The molecule has 0 fully saturated rings. The SMILES string of the molecule is O=C(O)Cc1ccc(S(=O)(=O)Nc2ccc(F)cn2)cc1. The van der Waals surface area contributed by atoms with Gasteiger partial charge in [0.2, 0.25) is 0 Å². The summed E-state index contributed by atoms with van der Waals surface area (Å²) in [5, 5.41) is 8.64. The molecule has 0 radical (unpaired) electrons. The van der Waals surface area contributed by atoms with E-state index in [4.69, 9.17) is 5.11 Å². The van der Waals surface area contributed by atoms with Crippen LogP contribution in [0.4, 0.5) is 10.2 Å². The molecule has 8 heteroatoms. The molecule has 1 heterocycles. The first-order valence-electron chi connectivity index (χ1n) is 5.82. The summed E-state index contributed by atoms with van der Waals surface area (Å²) >= 11 is 0. The van der Waals surface area contributed by atoms with Gasteiger partial charge in [-0.3, -0.25) is 9.52 Å². The van der Waals surface area contributed by atoms with E-state index in [1.807, 2.05) is 0 Å². The van der Waals surface area contributed by atoms with Crippen molar-refractivity contribution in [2.24, 2.45) is 0 Å². The lowest BCUT2D eigenvalue weighted by Crippen LogP contribution is -2.14. The number of hydrogen-bond donors (Lipinski definition) is 2. The van der Waals surface area contributed by atoms with Gasteiger partial charge in [-0.15, -0.1) is 0 Å². The molecule has 2 aromatic rings. The van der Waals surface area contributed by atoms with Crippen molar-refractivity contribution in [3.8, 4) is 0 Å². The van der Waals surface area contributed by atoms with Crippen LogP contribution in [-0.4, -0.2) is 24.5 Å². The number of sulfonamides is 1. The predicted octanol–water partition coefficient (Wildman–Crippen LogP) is 1.65. The Hall–Kier alpha value is -2.48. The van der Waals surface area contributed by atoms with E-state index < -0.39 is 21.8 Å². The number of nitrogens with one attached hydrogen (secondary N) is 1. The van der Waals surface area contributed by atoms with Crippen LogP contribution in [0.2, 0.25) is 0 Å². The second-order valence-electron chi connectivity index (χ2n) is 4.18. The van der Waals surface area contributed by atoms with E-state index in [2.05, 4.69) is 9.71 Å². The number of nitrogens with zero attached hydrogens (tertiary/aromatic N) is 1. The van der Waals surface area contributed by atoms with E-state index in [0.29, 0.717) is 5.56 Å². The zero-order valence-corrected chi connectivity index (χ0v) is 11.5. The number of hydrogen-bond acceptors (Lipinski definition) is 4. The maximum Gasteiger partial charge on any atom is 0.307 e. The average Bonchev–Trinajstić information content (AvgIpc) is 2.41. The Morgan fingerprint density at radius 1 is 1.19 bits per heavy atom. The fraction of sp³-hybridized carbons (Fsp3) is 0.0769. The molecule has 0 saturated heterocycles. The van der Waals surface area contributed by atoms with Crippen LogP contribution in [0.3, 0.4) is 0 Å². The minimum Gasteiger partial charge on any atom is -0.481 e. The maximum atomic E-state index is 12.7. The molecular formula is C13H11FN2O4S. The van der Waals surface area contributed by atoms with E-state index in [-0.39, 0.29) is 17.1 Å². The van der Waals surface area contributed by atoms with Gasteiger partial charge in [0.1, 0.15) is 11.6 Å². The zero-order valence-electron chi connectivity index (χ0n) is 10.7. The number of carbonyl (C=O) groups is 1. The average molecular weight is 310 g/mol. The standard InChI is InChI=1S/C13H11FN2O4S/c14-10-3-6-12(15-8-10)16-21(19,20)11-4-1-9(2-5-11)7-13(17)18/h1-6,8H,7H2,(H,15,16)(H,17,18). The van der Waals surface area contributed by atoms with Gasteiger partial charge in [-0.2, -0.15) is 0 Å². The third kappa shape index (κ3) is 3.99. The van der Waals surface area contributed by atoms with Gasteiger partial charge < -0.3 is 5.11 Å². The molecule has 2 rings (SSSR count). The van der Waals surface area contributed by atoms with E-state index >= 15 is 0 Å². The van der Waals surface area contributed by atoms with Crippen molar-refractivity contribution >= 4 is 21.8 Å². The highest BCUT2D eigenvalue weighted by Crippen LogP contribution is 2.15. The number of anilines is 1. The smallest absolute Gasteiger partial charge is 0.307 e. The molecule has 6 nitrogen and oxygen atoms in total. The Balaban J connectivity index is 2.19. The van der Waals surface area contributed by atoms with Crippen molar-refractivity contribution in [1.29, 1.82) is 0 Å². The first-order chi connectivity index (χ1) is 9.87. The first-order valence-corrected chi connectivity index (χ1v) is 7.30. The molecule has 0 unspecified atom stereocenters. The van der Waals surface area contributed by atoms with Crippen LogP contribution in [0.25, 0.3) is 0 Å². The minimum absolute atomic E-state index is 0.00832. The molecule has 0 aliphatic rings. The monoisotopic (exact) mass is 310 g/mol. The van der Waals surface area contributed by atoms with Crippen molar-refractivity contribution < 1.29 is 22.7 Å². The number of halogens is 1. The summed E-state index contributed by atoms with van der Waals surface area (Å²) in [5.41, 5.74) is 0.487. The minimum atomic E-state index is -3.85. The number of aromatic nitrogens is 1. The van der Waals surface area contributed by atoms with Crippen LogP contribution >= 0.6 is 0 Å². The van der Waals surface area contributed by atoms with E-state index in [0.717, 1.165) is 12.3 Å². The van der Waals surface area contributed by atoms with Gasteiger partial charge in [0.15, 0.2) is 0 Å². The number of aliphatic carboxylic acids is 1. The molecule has 1 aromatic heterocycles. The molecule has 0 bridgehead atoms. The molecule has 0 aliphatic carbocycles. The molecule has 1 aromatic carbocycles. The Morgan fingerprint density at radius 2 is 1.86 bits per heavy atom. The number of carboxylic acid groups (broad SMARTS) is 1. The lowest BCUT2D eigenvalue weighted by atomic mass is 10.2. The predicted molar refractivity (Wildman–Crippen MR) is 72.8 cm³/mol. The topological polar surface area (TPSA) is 96.4 Å². The van der Waals surface area contributed by atoms with E-state index in [9.17, 15) is 17.6 Å². The normalized spacial score (nSPS) is 11.1. The van der Waals surface area contributed by atoms with Crippen molar-refractivity contribution in [2.75, 3.05) is 4.72 Å². The summed E-state index contributed by atoms with van der Waals surface area (Å²) < 4.78 is 39.0. The van der Waals surface area contributed by atoms with Crippen LogP contribution < -0.4 is 4.72 Å². The van der Waals surface area contributed by atoms with Gasteiger partial charge in [0, 0.05) is 0 Å². The van der Waals surface area contributed by atoms with Gasteiger partial charge in [-0.05, 0) is 29.8 Å². The van der Waals surface area contributed by atoms with Crippen molar-refractivity contribution in [1.82, 2.24) is 4.98 Å². The highest BCUT2D eigenvalue weighted by molar-refractivity contribution is 7.92. The highest BCUT2D eigenvalue weighted by Gasteiger charge is 2.15. The first kappa shape index (κ1) is 14.9. The van der Waals surface area contributed by atoms with Gasteiger partial charge in [0.25, 0.3) is 10.0 Å². The van der Waals surface area contributed by atoms with Gasteiger partial charge in [-0.25, -0.2) is 17.8 Å². The molecule has 0 aliphatic heterocycles. The molecule has 2 N–H and O–H groups in total. The van der Waals surface area contributed by atoms with Crippen molar-refractivity contribution in [3.63, 3.8) is 0 Å². The molecule has 110 valence electrons. The molecule has 0 saturated carbocycles. The second-order valence-corrected chi connectivity index (χ2v) is 5.86. The summed E-state index contributed by atoms with van der Waals surface area (Å²) in [6.07, 6.45) is 0.709. The number of rotatable bonds is 5. The quantitative estimate of drug-likeness (QED) is 0.875. The van der Waals surface area contributed by atoms with E-state index in [1.165, 1.54) is 30.3 Å². The zero-order chi connectivity index (χ0) is 15.5. The Labute approximate surface area is 120 Å². The Kier molecular flexibility index (Phi) is 4.18. The highest BCUT2D eigenvalue weighted by atomic mass is 32.2. The third-order valence-corrected chi connectivity index (χ3v) is 3.93. The van der Waals surface area contributed by atoms with E-state index in [1.54, 1.807) is 0 Å². The fourth-order valence-electron chi connectivity index (χ4n) is 1.59. The summed E-state index contributed by atoms with van der Waals surface area (Å²) in [6, 6.07) is 7.71. The summed E-state index contributed by atoms with van der Waals surface area (Å²) in [6.45, 7) is 0. The number of pyridine rings is 1. The van der Waals surface area contributed by atoms with Crippen LogP contribution in [0.1, 0.15) is 5.56 Å². The molecule has 0 atom stereocenters. The molecule has 0 amide bonds.